The fourth-order valence-corrected chi connectivity index (χ4v) is 2.45. The Kier molecular flexibility index (Phi) is 6.02. The summed E-state index contributed by atoms with van der Waals surface area (Å²) in [5, 5.41) is 13.6. The van der Waals surface area contributed by atoms with E-state index in [0.717, 1.165) is 13.0 Å². The highest BCUT2D eigenvalue weighted by atomic mass is 16.3. The third kappa shape index (κ3) is 6.22. The topological polar surface area (TPSA) is 32.3 Å². The van der Waals surface area contributed by atoms with E-state index in [9.17, 15) is 5.11 Å². The second-order valence-electron chi connectivity index (χ2n) is 6.59. The second kappa shape index (κ2) is 7.06. The Morgan fingerprint density at radius 2 is 1.68 bits per heavy atom. The smallest absolute Gasteiger partial charge is 0.0746 e. The molecule has 0 heterocycles. The molecule has 0 aliphatic heterocycles. The van der Waals surface area contributed by atoms with Crippen molar-refractivity contribution in [2.45, 2.75) is 59.1 Å². The van der Waals surface area contributed by atoms with E-state index in [1.54, 1.807) is 0 Å². The Morgan fingerprint density at radius 3 is 2.16 bits per heavy atom. The molecule has 108 valence electrons. The molecule has 0 bridgehead atoms. The standard InChI is InChI=1S/C17H29NO/c1-13(2)10-17(5,19)12-18-11-15-6-8-16(9-7-15)14(3)4/h6-9,13-14,18-19H,10-12H2,1-5H3. The molecular formula is C17H29NO. The SMILES string of the molecule is CC(C)CC(C)(O)CNCc1ccc(C(C)C)cc1. The summed E-state index contributed by atoms with van der Waals surface area (Å²) in [7, 11) is 0. The van der Waals surface area contributed by atoms with Gasteiger partial charge in [-0.3, -0.25) is 0 Å². The van der Waals surface area contributed by atoms with Crippen molar-refractivity contribution < 1.29 is 5.11 Å². The molecule has 0 amide bonds. The molecule has 0 fully saturated rings. The zero-order chi connectivity index (χ0) is 14.5. The molecule has 2 N–H and O–H groups in total. The van der Waals surface area contributed by atoms with Gasteiger partial charge in [0, 0.05) is 13.1 Å². The third-order valence-electron chi connectivity index (χ3n) is 3.33. The molecule has 0 saturated heterocycles. The zero-order valence-electron chi connectivity index (χ0n) is 13.0. The summed E-state index contributed by atoms with van der Waals surface area (Å²) in [6.07, 6.45) is 0.826. The molecule has 2 nitrogen and oxygen atoms in total. The van der Waals surface area contributed by atoms with Crippen molar-refractivity contribution in [2.24, 2.45) is 5.92 Å². The number of hydrogen-bond acceptors (Lipinski definition) is 2. The molecule has 0 aliphatic rings. The highest BCUT2D eigenvalue weighted by Crippen LogP contribution is 2.16. The molecule has 1 aromatic carbocycles. The summed E-state index contributed by atoms with van der Waals surface area (Å²) >= 11 is 0. The average molecular weight is 263 g/mol. The fourth-order valence-electron chi connectivity index (χ4n) is 2.45. The number of aliphatic hydroxyl groups is 1. The first-order valence-corrected chi connectivity index (χ1v) is 7.32. The van der Waals surface area contributed by atoms with Crippen molar-refractivity contribution >= 4 is 0 Å². The summed E-state index contributed by atoms with van der Waals surface area (Å²) in [6, 6.07) is 8.71. The first-order valence-electron chi connectivity index (χ1n) is 7.32. The van der Waals surface area contributed by atoms with Crippen LogP contribution in [0.2, 0.25) is 0 Å². The van der Waals surface area contributed by atoms with Crippen LogP contribution in [0.3, 0.4) is 0 Å². The van der Waals surface area contributed by atoms with Gasteiger partial charge in [-0.25, -0.2) is 0 Å². The highest BCUT2D eigenvalue weighted by molar-refractivity contribution is 5.24. The van der Waals surface area contributed by atoms with Crippen LogP contribution in [-0.2, 0) is 6.54 Å². The Balaban J connectivity index is 2.40. The van der Waals surface area contributed by atoms with Gasteiger partial charge in [0.05, 0.1) is 5.60 Å². The van der Waals surface area contributed by atoms with E-state index in [2.05, 4.69) is 57.3 Å². The van der Waals surface area contributed by atoms with E-state index in [4.69, 9.17) is 0 Å². The van der Waals surface area contributed by atoms with Gasteiger partial charge in [-0.2, -0.15) is 0 Å². The van der Waals surface area contributed by atoms with Crippen LogP contribution < -0.4 is 5.32 Å². The minimum Gasteiger partial charge on any atom is -0.389 e. The van der Waals surface area contributed by atoms with Crippen LogP contribution in [0.5, 0.6) is 0 Å². The minimum atomic E-state index is -0.619. The van der Waals surface area contributed by atoms with Crippen molar-refractivity contribution in [3.8, 4) is 0 Å². The maximum absolute atomic E-state index is 10.2. The molecule has 1 unspecified atom stereocenters. The number of rotatable bonds is 7. The van der Waals surface area contributed by atoms with E-state index in [1.807, 2.05) is 6.92 Å². The van der Waals surface area contributed by atoms with Crippen molar-refractivity contribution in [3.63, 3.8) is 0 Å². The lowest BCUT2D eigenvalue weighted by molar-refractivity contribution is 0.0383. The monoisotopic (exact) mass is 263 g/mol. The molecule has 0 saturated carbocycles. The van der Waals surface area contributed by atoms with Crippen LogP contribution in [-0.4, -0.2) is 17.3 Å². The fraction of sp³-hybridized carbons (Fsp3) is 0.647. The van der Waals surface area contributed by atoms with E-state index in [0.29, 0.717) is 18.4 Å². The van der Waals surface area contributed by atoms with Gasteiger partial charge < -0.3 is 10.4 Å². The molecule has 0 spiro atoms. The molecule has 1 atom stereocenters. The van der Waals surface area contributed by atoms with Gasteiger partial charge in [0.25, 0.3) is 0 Å². The molecule has 0 radical (unpaired) electrons. The molecule has 1 aromatic rings. The van der Waals surface area contributed by atoms with E-state index >= 15 is 0 Å². The number of benzene rings is 1. The largest absolute Gasteiger partial charge is 0.389 e. The van der Waals surface area contributed by atoms with Gasteiger partial charge in [0.1, 0.15) is 0 Å². The van der Waals surface area contributed by atoms with Crippen LogP contribution in [0.1, 0.15) is 58.1 Å². The van der Waals surface area contributed by atoms with Crippen molar-refractivity contribution in [1.82, 2.24) is 5.32 Å². The predicted molar refractivity (Wildman–Crippen MR) is 82.3 cm³/mol. The van der Waals surface area contributed by atoms with Gasteiger partial charge in [-0.1, -0.05) is 52.0 Å². The quantitative estimate of drug-likeness (QED) is 0.786. The lowest BCUT2D eigenvalue weighted by atomic mass is 9.94. The van der Waals surface area contributed by atoms with Crippen LogP contribution in [0, 0.1) is 5.92 Å². The predicted octanol–water partition coefficient (Wildman–Crippen LogP) is 3.70. The summed E-state index contributed by atoms with van der Waals surface area (Å²) in [5.41, 5.74) is 2.02. The van der Waals surface area contributed by atoms with Crippen molar-refractivity contribution in [1.29, 1.82) is 0 Å². The summed E-state index contributed by atoms with van der Waals surface area (Å²) < 4.78 is 0. The van der Waals surface area contributed by atoms with Crippen LogP contribution in [0.25, 0.3) is 0 Å². The minimum absolute atomic E-state index is 0.516. The molecule has 2 heteroatoms. The Morgan fingerprint density at radius 1 is 1.11 bits per heavy atom. The van der Waals surface area contributed by atoms with Gasteiger partial charge in [-0.15, -0.1) is 0 Å². The van der Waals surface area contributed by atoms with Crippen molar-refractivity contribution in [3.05, 3.63) is 35.4 Å². The molecular weight excluding hydrogens is 234 g/mol. The lowest BCUT2D eigenvalue weighted by Crippen LogP contribution is -2.38. The van der Waals surface area contributed by atoms with Gasteiger partial charge in [0.15, 0.2) is 0 Å². The molecule has 0 aromatic heterocycles. The Labute approximate surface area is 118 Å². The van der Waals surface area contributed by atoms with Gasteiger partial charge in [0.2, 0.25) is 0 Å². The maximum Gasteiger partial charge on any atom is 0.0746 e. The van der Waals surface area contributed by atoms with Crippen LogP contribution >= 0.6 is 0 Å². The first-order chi connectivity index (χ1) is 8.80. The number of nitrogens with one attached hydrogen (secondary N) is 1. The second-order valence-corrected chi connectivity index (χ2v) is 6.59. The third-order valence-corrected chi connectivity index (χ3v) is 3.33. The maximum atomic E-state index is 10.2. The summed E-state index contributed by atoms with van der Waals surface area (Å²) in [5.74, 6) is 1.09. The van der Waals surface area contributed by atoms with Crippen LogP contribution in [0.4, 0.5) is 0 Å². The zero-order valence-corrected chi connectivity index (χ0v) is 13.0. The van der Waals surface area contributed by atoms with E-state index in [1.165, 1.54) is 11.1 Å². The van der Waals surface area contributed by atoms with Gasteiger partial charge in [-0.05, 0) is 36.3 Å². The van der Waals surface area contributed by atoms with E-state index in [-0.39, 0.29) is 0 Å². The summed E-state index contributed by atoms with van der Waals surface area (Å²) in [6.45, 7) is 12.0. The van der Waals surface area contributed by atoms with E-state index < -0.39 is 5.60 Å². The Bertz CT molecular complexity index is 365. The first kappa shape index (κ1) is 16.2. The Hall–Kier alpha value is -0.860. The number of hydrogen-bond donors (Lipinski definition) is 2. The van der Waals surface area contributed by atoms with Crippen molar-refractivity contribution in [2.75, 3.05) is 6.54 Å². The molecule has 1 rings (SSSR count). The molecule has 0 aliphatic carbocycles. The van der Waals surface area contributed by atoms with Crippen LogP contribution in [0.15, 0.2) is 24.3 Å². The lowest BCUT2D eigenvalue weighted by Gasteiger charge is -2.25. The highest BCUT2D eigenvalue weighted by Gasteiger charge is 2.20. The molecule has 19 heavy (non-hydrogen) atoms. The van der Waals surface area contributed by atoms with Gasteiger partial charge >= 0.3 is 0 Å². The normalized spacial score (nSPS) is 14.9. The summed E-state index contributed by atoms with van der Waals surface area (Å²) in [4.78, 5) is 0. The average Bonchev–Trinajstić information content (AvgIpc) is 2.27.